The number of ether oxygens (including phenoxy) is 2. The summed E-state index contributed by atoms with van der Waals surface area (Å²) in [6, 6.07) is 16.8. The lowest BCUT2D eigenvalue weighted by atomic mass is 10.1. The average molecular weight is 462 g/mol. The number of hydrogen-bond acceptors (Lipinski definition) is 3. The highest BCUT2D eigenvalue weighted by atomic mass is 79.9. The van der Waals surface area contributed by atoms with Crippen LogP contribution in [0.4, 0.5) is 8.78 Å². The van der Waals surface area contributed by atoms with Gasteiger partial charge in [-0.25, -0.2) is 8.78 Å². The van der Waals surface area contributed by atoms with E-state index in [9.17, 15) is 8.78 Å². The van der Waals surface area contributed by atoms with Gasteiger partial charge in [-0.15, -0.1) is 0 Å². The molecule has 0 fully saturated rings. The Morgan fingerprint density at radius 3 is 2.34 bits per heavy atom. The number of hydrogen-bond donors (Lipinski definition) is 1. The van der Waals surface area contributed by atoms with Crippen molar-refractivity contribution in [3.05, 3.63) is 93.5 Å². The molecule has 0 aliphatic heterocycles. The third-order valence-electron chi connectivity index (χ3n) is 4.27. The summed E-state index contributed by atoms with van der Waals surface area (Å²) in [4.78, 5) is 0. The Morgan fingerprint density at radius 2 is 1.62 bits per heavy atom. The number of halogens is 3. The molecule has 0 saturated heterocycles. The third-order valence-corrected chi connectivity index (χ3v) is 4.86. The van der Waals surface area contributed by atoms with Crippen LogP contribution in [0.25, 0.3) is 0 Å². The van der Waals surface area contributed by atoms with E-state index < -0.39 is 0 Å². The third kappa shape index (κ3) is 6.02. The van der Waals surface area contributed by atoms with Gasteiger partial charge in [0.05, 0.1) is 11.1 Å². The van der Waals surface area contributed by atoms with Crippen molar-refractivity contribution in [3.63, 3.8) is 0 Å². The normalized spacial score (nSPS) is 10.8. The summed E-state index contributed by atoms with van der Waals surface area (Å²) in [5.74, 6) is 0.586. The van der Waals surface area contributed by atoms with Gasteiger partial charge in [0, 0.05) is 18.7 Å². The van der Waals surface area contributed by atoms with E-state index in [1.807, 2.05) is 19.1 Å². The van der Waals surface area contributed by atoms with Gasteiger partial charge in [0.25, 0.3) is 0 Å². The molecule has 3 rings (SSSR count). The summed E-state index contributed by atoms with van der Waals surface area (Å²) in [5, 5.41) is 3.33. The summed E-state index contributed by atoms with van der Waals surface area (Å²) in [6.07, 6.45) is 0. The SMILES string of the molecule is CCOc1cc(CNCc2ccc(F)cc2)cc(Br)c1OCc1ccccc1F. The van der Waals surface area contributed by atoms with E-state index in [1.165, 1.54) is 18.2 Å². The Labute approximate surface area is 177 Å². The van der Waals surface area contributed by atoms with Crippen LogP contribution in [-0.4, -0.2) is 6.61 Å². The molecule has 29 heavy (non-hydrogen) atoms. The molecule has 0 heterocycles. The van der Waals surface area contributed by atoms with Crippen molar-refractivity contribution in [1.82, 2.24) is 5.32 Å². The molecule has 0 spiro atoms. The molecule has 0 saturated carbocycles. The maximum atomic E-state index is 13.9. The zero-order chi connectivity index (χ0) is 20.6. The van der Waals surface area contributed by atoms with E-state index in [4.69, 9.17) is 9.47 Å². The van der Waals surface area contributed by atoms with E-state index in [0.29, 0.717) is 36.8 Å². The molecule has 0 aromatic heterocycles. The Kier molecular flexibility index (Phi) is 7.61. The van der Waals surface area contributed by atoms with Crippen LogP contribution in [0.15, 0.2) is 65.1 Å². The van der Waals surface area contributed by atoms with Gasteiger partial charge < -0.3 is 14.8 Å². The van der Waals surface area contributed by atoms with Crippen LogP contribution in [0.5, 0.6) is 11.5 Å². The van der Waals surface area contributed by atoms with Crippen molar-refractivity contribution in [2.24, 2.45) is 0 Å². The first-order valence-electron chi connectivity index (χ1n) is 9.33. The lowest BCUT2D eigenvalue weighted by Gasteiger charge is -2.16. The van der Waals surface area contributed by atoms with Crippen LogP contribution in [0.1, 0.15) is 23.6 Å². The predicted octanol–water partition coefficient (Wildman–Crippen LogP) is 5.99. The monoisotopic (exact) mass is 461 g/mol. The standard InChI is InChI=1S/C23H22BrF2NO2/c1-2-28-22-12-17(14-27-13-16-7-9-19(25)10-8-16)11-20(24)23(22)29-15-18-5-3-4-6-21(18)26/h3-12,27H,2,13-15H2,1H3. The Morgan fingerprint density at radius 1 is 0.897 bits per heavy atom. The molecule has 3 aromatic rings. The predicted molar refractivity (Wildman–Crippen MR) is 113 cm³/mol. The van der Waals surface area contributed by atoms with Gasteiger partial charge in [-0.05, 0) is 64.3 Å². The molecule has 1 N–H and O–H groups in total. The molecule has 0 unspecified atom stereocenters. The van der Waals surface area contributed by atoms with Crippen LogP contribution in [-0.2, 0) is 19.7 Å². The first kappa shape index (κ1) is 21.3. The van der Waals surface area contributed by atoms with E-state index in [2.05, 4.69) is 21.2 Å². The lowest BCUT2D eigenvalue weighted by Crippen LogP contribution is -2.13. The molecule has 0 bridgehead atoms. The zero-order valence-electron chi connectivity index (χ0n) is 16.1. The van der Waals surface area contributed by atoms with Gasteiger partial charge >= 0.3 is 0 Å². The number of benzene rings is 3. The second kappa shape index (κ2) is 10.4. The quantitative estimate of drug-likeness (QED) is 0.424. The van der Waals surface area contributed by atoms with Crippen molar-refractivity contribution < 1.29 is 18.3 Å². The molecule has 0 atom stereocenters. The minimum absolute atomic E-state index is 0.105. The molecule has 0 aliphatic rings. The molecule has 3 aromatic carbocycles. The maximum Gasteiger partial charge on any atom is 0.175 e. The van der Waals surface area contributed by atoms with Crippen LogP contribution in [0.3, 0.4) is 0 Å². The van der Waals surface area contributed by atoms with Gasteiger partial charge in [0.2, 0.25) is 0 Å². The molecule has 0 aliphatic carbocycles. The van der Waals surface area contributed by atoms with Crippen LogP contribution in [0, 0.1) is 11.6 Å². The van der Waals surface area contributed by atoms with Crippen molar-refractivity contribution in [2.45, 2.75) is 26.6 Å². The topological polar surface area (TPSA) is 30.5 Å². The highest BCUT2D eigenvalue weighted by Gasteiger charge is 2.13. The first-order chi connectivity index (χ1) is 14.1. The van der Waals surface area contributed by atoms with Gasteiger partial charge in [-0.1, -0.05) is 30.3 Å². The molecule has 152 valence electrons. The summed E-state index contributed by atoms with van der Waals surface area (Å²) in [7, 11) is 0. The largest absolute Gasteiger partial charge is 0.490 e. The molecule has 0 radical (unpaired) electrons. The average Bonchev–Trinajstić information content (AvgIpc) is 2.70. The molecule has 6 heteroatoms. The van der Waals surface area contributed by atoms with E-state index in [1.54, 1.807) is 30.3 Å². The van der Waals surface area contributed by atoms with E-state index in [-0.39, 0.29) is 18.2 Å². The molecule has 0 amide bonds. The fourth-order valence-corrected chi connectivity index (χ4v) is 3.45. The number of rotatable bonds is 9. The zero-order valence-corrected chi connectivity index (χ0v) is 17.6. The second-order valence-electron chi connectivity index (χ2n) is 6.45. The fraction of sp³-hybridized carbons (Fsp3) is 0.217. The van der Waals surface area contributed by atoms with Crippen LogP contribution in [0.2, 0.25) is 0 Å². The van der Waals surface area contributed by atoms with Gasteiger partial charge in [-0.3, -0.25) is 0 Å². The molecular formula is C23H22BrF2NO2. The van der Waals surface area contributed by atoms with E-state index in [0.717, 1.165) is 15.6 Å². The summed E-state index contributed by atoms with van der Waals surface area (Å²) in [6.45, 7) is 3.70. The Balaban J connectivity index is 1.68. The van der Waals surface area contributed by atoms with Crippen molar-refractivity contribution in [3.8, 4) is 11.5 Å². The Hall–Kier alpha value is -2.44. The molecular weight excluding hydrogens is 440 g/mol. The number of nitrogens with one attached hydrogen (secondary N) is 1. The summed E-state index contributed by atoms with van der Waals surface area (Å²) in [5.41, 5.74) is 2.48. The first-order valence-corrected chi connectivity index (χ1v) is 10.1. The highest BCUT2D eigenvalue weighted by Crippen LogP contribution is 2.37. The van der Waals surface area contributed by atoms with Gasteiger partial charge in [-0.2, -0.15) is 0 Å². The fourth-order valence-electron chi connectivity index (χ4n) is 2.85. The summed E-state index contributed by atoms with van der Waals surface area (Å²) < 4.78 is 39.2. The lowest BCUT2D eigenvalue weighted by molar-refractivity contribution is 0.264. The minimum atomic E-state index is -0.303. The second-order valence-corrected chi connectivity index (χ2v) is 7.30. The van der Waals surface area contributed by atoms with E-state index >= 15 is 0 Å². The minimum Gasteiger partial charge on any atom is -0.490 e. The van der Waals surface area contributed by atoms with Gasteiger partial charge in [0.1, 0.15) is 18.2 Å². The van der Waals surface area contributed by atoms with Gasteiger partial charge in [0.15, 0.2) is 11.5 Å². The summed E-state index contributed by atoms with van der Waals surface area (Å²) >= 11 is 3.54. The van der Waals surface area contributed by atoms with Crippen molar-refractivity contribution >= 4 is 15.9 Å². The smallest absolute Gasteiger partial charge is 0.175 e. The van der Waals surface area contributed by atoms with Crippen LogP contribution < -0.4 is 14.8 Å². The molecule has 3 nitrogen and oxygen atoms in total. The Bertz CT molecular complexity index is 948. The highest BCUT2D eigenvalue weighted by molar-refractivity contribution is 9.10. The van der Waals surface area contributed by atoms with Crippen molar-refractivity contribution in [1.29, 1.82) is 0 Å². The van der Waals surface area contributed by atoms with Crippen molar-refractivity contribution in [2.75, 3.05) is 6.61 Å². The van der Waals surface area contributed by atoms with Crippen LogP contribution >= 0.6 is 15.9 Å². The maximum absolute atomic E-state index is 13.9.